The van der Waals surface area contributed by atoms with Crippen LogP contribution in [0.3, 0.4) is 0 Å². The van der Waals surface area contributed by atoms with E-state index in [0.29, 0.717) is 19.5 Å². The molecule has 0 radical (unpaired) electrons. The fraction of sp³-hybridized carbons (Fsp3) is 0.538. The molecular formula is C13H19N3O2S. The summed E-state index contributed by atoms with van der Waals surface area (Å²) >= 11 is 1.55. The second-order valence-electron chi connectivity index (χ2n) is 4.54. The molecule has 104 valence electrons. The predicted octanol–water partition coefficient (Wildman–Crippen LogP) is 1.48. The van der Waals surface area contributed by atoms with Crippen LogP contribution in [0.4, 0.5) is 0 Å². The van der Waals surface area contributed by atoms with Crippen molar-refractivity contribution in [2.24, 2.45) is 0 Å². The van der Waals surface area contributed by atoms with Gasteiger partial charge in [0, 0.05) is 30.4 Å². The Bertz CT molecular complexity index is 555. The number of nitrogens with zero attached hydrogens (tertiary/aromatic N) is 3. The van der Waals surface area contributed by atoms with Gasteiger partial charge in [0.05, 0.1) is 18.7 Å². The molecule has 2 aromatic rings. The Hall–Kier alpha value is -1.40. The molecule has 0 bridgehead atoms. The molecule has 0 saturated heterocycles. The van der Waals surface area contributed by atoms with E-state index >= 15 is 0 Å². The van der Waals surface area contributed by atoms with Gasteiger partial charge in [-0.25, -0.2) is 4.98 Å². The number of aryl methyl sites for hydroxylation is 1. The minimum absolute atomic E-state index is 0.00890. The highest BCUT2D eigenvalue weighted by atomic mass is 32.1. The minimum Gasteiger partial charge on any atom is -0.395 e. The normalized spacial score (nSPS) is 11.1. The number of aliphatic hydroxyl groups excluding tert-OH is 1. The van der Waals surface area contributed by atoms with Crippen LogP contribution in [-0.4, -0.2) is 45.0 Å². The van der Waals surface area contributed by atoms with Crippen molar-refractivity contribution < 1.29 is 9.90 Å². The van der Waals surface area contributed by atoms with Crippen LogP contribution in [0.5, 0.6) is 0 Å². The smallest absolute Gasteiger partial charge is 0.228 e. The van der Waals surface area contributed by atoms with E-state index in [1.54, 1.807) is 16.2 Å². The summed E-state index contributed by atoms with van der Waals surface area (Å²) in [5.74, 6) is 0.0574. The number of imidazole rings is 1. The average Bonchev–Trinajstić information content (AvgIpc) is 2.90. The third-order valence-corrected chi connectivity index (χ3v) is 3.84. The zero-order valence-electron chi connectivity index (χ0n) is 11.3. The summed E-state index contributed by atoms with van der Waals surface area (Å²) in [6.45, 7) is 5.08. The van der Waals surface area contributed by atoms with Crippen LogP contribution in [-0.2, 0) is 11.2 Å². The minimum atomic E-state index is 0.00890. The summed E-state index contributed by atoms with van der Waals surface area (Å²) in [6, 6.07) is 0. The lowest BCUT2D eigenvalue weighted by Crippen LogP contribution is -2.35. The summed E-state index contributed by atoms with van der Waals surface area (Å²) in [4.78, 5) is 19.2. The van der Waals surface area contributed by atoms with Crippen LogP contribution in [0.1, 0.15) is 24.7 Å². The Kier molecular flexibility index (Phi) is 4.55. The Labute approximate surface area is 116 Å². The summed E-state index contributed by atoms with van der Waals surface area (Å²) in [6.07, 6.45) is 3.20. The molecule has 19 heavy (non-hydrogen) atoms. The first kappa shape index (κ1) is 14.0. The first-order chi connectivity index (χ1) is 9.15. The van der Waals surface area contributed by atoms with E-state index in [2.05, 4.69) is 4.98 Å². The molecule has 0 aromatic carbocycles. The van der Waals surface area contributed by atoms with E-state index in [9.17, 15) is 4.79 Å². The topological polar surface area (TPSA) is 57.8 Å². The van der Waals surface area contributed by atoms with Gasteiger partial charge in [-0.3, -0.25) is 9.20 Å². The van der Waals surface area contributed by atoms with Gasteiger partial charge >= 0.3 is 0 Å². The Balaban J connectivity index is 2.12. The van der Waals surface area contributed by atoms with E-state index in [1.807, 2.05) is 29.8 Å². The molecule has 0 aliphatic rings. The van der Waals surface area contributed by atoms with Crippen LogP contribution < -0.4 is 0 Å². The van der Waals surface area contributed by atoms with Gasteiger partial charge < -0.3 is 10.0 Å². The molecule has 0 saturated carbocycles. The van der Waals surface area contributed by atoms with Crippen LogP contribution in [0.25, 0.3) is 4.96 Å². The molecule has 0 spiro atoms. The molecule has 0 aliphatic carbocycles. The SMILES string of the molecule is CCCN(CCO)C(=O)Cc1csc2nc(C)cn12. The number of amides is 1. The van der Waals surface area contributed by atoms with Crippen LogP contribution in [0.15, 0.2) is 11.6 Å². The van der Waals surface area contributed by atoms with E-state index < -0.39 is 0 Å². The van der Waals surface area contributed by atoms with Gasteiger partial charge in [-0.2, -0.15) is 0 Å². The highest BCUT2D eigenvalue weighted by Gasteiger charge is 2.15. The predicted molar refractivity (Wildman–Crippen MR) is 75.5 cm³/mol. The van der Waals surface area contributed by atoms with Crippen molar-refractivity contribution in [3.63, 3.8) is 0 Å². The molecule has 0 aliphatic heterocycles. The van der Waals surface area contributed by atoms with Crippen molar-refractivity contribution in [3.8, 4) is 0 Å². The summed E-state index contributed by atoms with van der Waals surface area (Å²) in [7, 11) is 0. The first-order valence-electron chi connectivity index (χ1n) is 6.46. The number of hydrogen-bond acceptors (Lipinski definition) is 4. The molecule has 6 heteroatoms. The van der Waals surface area contributed by atoms with Gasteiger partial charge in [0.15, 0.2) is 4.96 Å². The lowest BCUT2D eigenvalue weighted by molar-refractivity contribution is -0.131. The van der Waals surface area contributed by atoms with Gasteiger partial charge in [0.1, 0.15) is 0 Å². The highest BCUT2D eigenvalue weighted by Crippen LogP contribution is 2.17. The number of carbonyl (C=O) groups is 1. The van der Waals surface area contributed by atoms with Crippen molar-refractivity contribution in [2.75, 3.05) is 19.7 Å². The Morgan fingerprint density at radius 1 is 1.53 bits per heavy atom. The molecule has 0 fully saturated rings. The monoisotopic (exact) mass is 281 g/mol. The van der Waals surface area contributed by atoms with Gasteiger partial charge in [-0.1, -0.05) is 6.92 Å². The van der Waals surface area contributed by atoms with E-state index in [0.717, 1.165) is 22.8 Å². The van der Waals surface area contributed by atoms with Crippen LogP contribution in [0, 0.1) is 6.92 Å². The fourth-order valence-corrected chi connectivity index (χ4v) is 3.01. The maximum atomic E-state index is 12.2. The molecule has 0 unspecified atom stereocenters. The van der Waals surface area contributed by atoms with Crippen molar-refractivity contribution in [1.29, 1.82) is 0 Å². The van der Waals surface area contributed by atoms with Gasteiger partial charge in [0.2, 0.25) is 5.91 Å². The maximum Gasteiger partial charge on any atom is 0.228 e. The van der Waals surface area contributed by atoms with Gasteiger partial charge in [0.25, 0.3) is 0 Å². The molecule has 5 nitrogen and oxygen atoms in total. The first-order valence-corrected chi connectivity index (χ1v) is 7.34. The van der Waals surface area contributed by atoms with Gasteiger partial charge in [-0.15, -0.1) is 11.3 Å². The van der Waals surface area contributed by atoms with Crippen molar-refractivity contribution in [2.45, 2.75) is 26.7 Å². The number of carbonyl (C=O) groups excluding carboxylic acids is 1. The zero-order chi connectivity index (χ0) is 13.8. The van der Waals surface area contributed by atoms with E-state index in [4.69, 9.17) is 5.11 Å². The zero-order valence-corrected chi connectivity index (χ0v) is 12.1. The largest absolute Gasteiger partial charge is 0.395 e. The number of thiazole rings is 1. The van der Waals surface area contributed by atoms with Crippen molar-refractivity contribution in [1.82, 2.24) is 14.3 Å². The molecular weight excluding hydrogens is 262 g/mol. The third kappa shape index (κ3) is 3.13. The highest BCUT2D eigenvalue weighted by molar-refractivity contribution is 7.15. The Morgan fingerprint density at radius 2 is 2.32 bits per heavy atom. The third-order valence-electron chi connectivity index (χ3n) is 2.95. The molecule has 1 N–H and O–H groups in total. The van der Waals surface area contributed by atoms with Crippen LogP contribution in [0.2, 0.25) is 0 Å². The standard InChI is InChI=1S/C13H19N3O2S/c1-3-4-15(5-6-17)12(18)7-11-9-19-13-14-10(2)8-16(11)13/h8-9,17H,3-7H2,1-2H3. The molecule has 0 atom stereocenters. The lowest BCUT2D eigenvalue weighted by atomic mass is 10.2. The Morgan fingerprint density at radius 3 is 3.00 bits per heavy atom. The number of hydrogen-bond donors (Lipinski definition) is 1. The molecule has 2 heterocycles. The fourth-order valence-electron chi connectivity index (χ4n) is 2.09. The molecule has 2 rings (SSSR count). The van der Waals surface area contributed by atoms with Gasteiger partial charge in [-0.05, 0) is 13.3 Å². The second-order valence-corrected chi connectivity index (χ2v) is 5.38. The number of aliphatic hydroxyl groups is 1. The van der Waals surface area contributed by atoms with Crippen molar-refractivity contribution in [3.05, 3.63) is 23.0 Å². The lowest BCUT2D eigenvalue weighted by Gasteiger charge is -2.20. The summed E-state index contributed by atoms with van der Waals surface area (Å²) in [5.41, 5.74) is 1.92. The van der Waals surface area contributed by atoms with Crippen LogP contribution >= 0.6 is 11.3 Å². The second kappa shape index (κ2) is 6.16. The molecule has 1 amide bonds. The van der Waals surface area contributed by atoms with E-state index in [-0.39, 0.29) is 12.5 Å². The average molecular weight is 281 g/mol. The summed E-state index contributed by atoms with van der Waals surface area (Å²) in [5, 5.41) is 11.0. The number of aromatic nitrogens is 2. The maximum absolute atomic E-state index is 12.2. The number of rotatable bonds is 6. The van der Waals surface area contributed by atoms with E-state index in [1.165, 1.54) is 0 Å². The van der Waals surface area contributed by atoms with Crippen molar-refractivity contribution >= 4 is 22.2 Å². The molecule has 2 aromatic heterocycles. The quantitative estimate of drug-likeness (QED) is 0.872. The summed E-state index contributed by atoms with van der Waals surface area (Å²) < 4.78 is 1.97. The number of fused-ring (bicyclic) bond motifs is 1.